The lowest BCUT2D eigenvalue weighted by molar-refractivity contribution is 0.0916. The highest BCUT2D eigenvalue weighted by atomic mass is 35.5. The van der Waals surface area contributed by atoms with Crippen molar-refractivity contribution in [2.24, 2.45) is 5.92 Å². The molecule has 0 radical (unpaired) electrons. The van der Waals surface area contributed by atoms with Crippen molar-refractivity contribution in [2.75, 3.05) is 19.6 Å². The van der Waals surface area contributed by atoms with Gasteiger partial charge in [-0.15, -0.1) is 24.8 Å². The molecular formula is C11H19Cl2N3O2. The first-order valence-electron chi connectivity index (χ1n) is 5.66. The summed E-state index contributed by atoms with van der Waals surface area (Å²) in [7, 11) is 0. The number of oxazole rings is 1. The maximum Gasteiger partial charge on any atom is 0.289 e. The number of amides is 1. The maximum absolute atomic E-state index is 11.7. The van der Waals surface area contributed by atoms with Crippen molar-refractivity contribution in [3.63, 3.8) is 0 Å². The lowest BCUT2D eigenvalue weighted by atomic mass is 10.00. The fourth-order valence-corrected chi connectivity index (χ4v) is 1.94. The van der Waals surface area contributed by atoms with Crippen molar-refractivity contribution in [3.05, 3.63) is 17.8 Å². The van der Waals surface area contributed by atoms with Crippen LogP contribution in [0.1, 0.15) is 29.1 Å². The molecule has 1 fully saturated rings. The SMILES string of the molecule is Cc1ncoc1C(=O)NCC1CCCNC1.Cl.Cl. The van der Waals surface area contributed by atoms with E-state index >= 15 is 0 Å². The molecule has 1 aromatic rings. The Morgan fingerprint density at radius 2 is 2.39 bits per heavy atom. The molecule has 2 heterocycles. The van der Waals surface area contributed by atoms with Gasteiger partial charge in [-0.1, -0.05) is 0 Å². The molecule has 18 heavy (non-hydrogen) atoms. The predicted molar refractivity (Wildman–Crippen MR) is 73.7 cm³/mol. The normalized spacial score (nSPS) is 18.4. The molecule has 2 rings (SSSR count). The topological polar surface area (TPSA) is 67.2 Å². The fraction of sp³-hybridized carbons (Fsp3) is 0.636. The summed E-state index contributed by atoms with van der Waals surface area (Å²) in [5, 5.41) is 6.20. The van der Waals surface area contributed by atoms with E-state index in [0.717, 1.165) is 13.1 Å². The van der Waals surface area contributed by atoms with Crippen molar-refractivity contribution in [3.8, 4) is 0 Å². The number of carbonyl (C=O) groups is 1. The number of hydrogen-bond donors (Lipinski definition) is 2. The summed E-state index contributed by atoms with van der Waals surface area (Å²) in [6.07, 6.45) is 3.65. The number of nitrogens with zero attached hydrogens (tertiary/aromatic N) is 1. The first-order chi connectivity index (χ1) is 7.77. The molecule has 0 aliphatic carbocycles. The van der Waals surface area contributed by atoms with Crippen LogP contribution in [0.15, 0.2) is 10.8 Å². The lowest BCUT2D eigenvalue weighted by Gasteiger charge is -2.22. The zero-order chi connectivity index (χ0) is 11.4. The Bertz CT molecular complexity index is 365. The molecule has 1 atom stereocenters. The van der Waals surface area contributed by atoms with Gasteiger partial charge in [-0.3, -0.25) is 4.79 Å². The molecule has 0 aromatic carbocycles. The van der Waals surface area contributed by atoms with E-state index in [-0.39, 0.29) is 30.7 Å². The predicted octanol–water partition coefficient (Wildman–Crippen LogP) is 1.56. The fourth-order valence-electron chi connectivity index (χ4n) is 1.94. The van der Waals surface area contributed by atoms with Crippen LogP contribution < -0.4 is 10.6 Å². The first-order valence-corrected chi connectivity index (χ1v) is 5.66. The Kier molecular flexibility index (Phi) is 7.98. The van der Waals surface area contributed by atoms with Gasteiger partial charge in [-0.25, -0.2) is 4.98 Å². The summed E-state index contributed by atoms with van der Waals surface area (Å²) in [5.41, 5.74) is 0.638. The average molecular weight is 296 g/mol. The van der Waals surface area contributed by atoms with E-state index in [1.165, 1.54) is 19.2 Å². The minimum atomic E-state index is -0.166. The monoisotopic (exact) mass is 295 g/mol. The summed E-state index contributed by atoms with van der Waals surface area (Å²) in [6, 6.07) is 0. The molecule has 1 aliphatic rings. The van der Waals surface area contributed by atoms with Gasteiger partial charge in [0.1, 0.15) is 0 Å². The van der Waals surface area contributed by atoms with Gasteiger partial charge >= 0.3 is 0 Å². The van der Waals surface area contributed by atoms with Crippen LogP contribution in [0.4, 0.5) is 0 Å². The molecule has 1 saturated heterocycles. The molecule has 7 heteroatoms. The Labute approximate surface area is 119 Å². The third kappa shape index (κ3) is 4.48. The smallest absolute Gasteiger partial charge is 0.289 e. The van der Waals surface area contributed by atoms with Gasteiger partial charge in [-0.05, 0) is 38.8 Å². The number of hydrogen-bond acceptors (Lipinski definition) is 4. The van der Waals surface area contributed by atoms with Gasteiger partial charge < -0.3 is 15.1 Å². The Morgan fingerprint density at radius 1 is 1.61 bits per heavy atom. The standard InChI is InChI=1S/C11H17N3O2.2ClH/c1-8-10(16-7-14-8)11(15)13-6-9-3-2-4-12-5-9;;/h7,9,12H,2-6H2,1H3,(H,13,15);2*1H. The number of nitrogens with one attached hydrogen (secondary N) is 2. The van der Waals surface area contributed by atoms with Crippen LogP contribution in [-0.4, -0.2) is 30.5 Å². The van der Waals surface area contributed by atoms with E-state index in [0.29, 0.717) is 23.9 Å². The average Bonchev–Trinajstić information content (AvgIpc) is 2.74. The van der Waals surface area contributed by atoms with Crippen LogP contribution >= 0.6 is 24.8 Å². The van der Waals surface area contributed by atoms with E-state index < -0.39 is 0 Å². The third-order valence-corrected chi connectivity index (χ3v) is 2.90. The summed E-state index contributed by atoms with van der Waals surface area (Å²) in [4.78, 5) is 15.6. The van der Waals surface area contributed by atoms with Gasteiger partial charge in [0.05, 0.1) is 5.69 Å². The van der Waals surface area contributed by atoms with E-state index in [1.54, 1.807) is 6.92 Å². The van der Waals surface area contributed by atoms with Crippen molar-refractivity contribution < 1.29 is 9.21 Å². The van der Waals surface area contributed by atoms with E-state index in [4.69, 9.17) is 4.42 Å². The molecule has 0 bridgehead atoms. The van der Waals surface area contributed by atoms with Gasteiger partial charge in [-0.2, -0.15) is 0 Å². The summed E-state index contributed by atoms with van der Waals surface area (Å²) < 4.78 is 5.03. The molecule has 0 saturated carbocycles. The van der Waals surface area contributed by atoms with Gasteiger partial charge in [0.25, 0.3) is 5.91 Å². The Morgan fingerprint density at radius 3 is 2.94 bits per heavy atom. The molecular weight excluding hydrogens is 277 g/mol. The highest BCUT2D eigenvalue weighted by molar-refractivity contribution is 5.92. The van der Waals surface area contributed by atoms with Crippen molar-refractivity contribution in [1.29, 1.82) is 0 Å². The second-order valence-electron chi connectivity index (χ2n) is 4.19. The number of halogens is 2. The van der Waals surface area contributed by atoms with Crippen LogP contribution in [0.5, 0.6) is 0 Å². The second-order valence-corrected chi connectivity index (χ2v) is 4.19. The van der Waals surface area contributed by atoms with E-state index in [1.807, 2.05) is 0 Å². The highest BCUT2D eigenvalue weighted by Gasteiger charge is 2.17. The lowest BCUT2D eigenvalue weighted by Crippen LogP contribution is -2.38. The Hall–Kier alpha value is -0.780. The number of carbonyl (C=O) groups excluding carboxylic acids is 1. The van der Waals surface area contributed by atoms with Gasteiger partial charge in [0, 0.05) is 6.54 Å². The quantitative estimate of drug-likeness (QED) is 0.888. The minimum Gasteiger partial charge on any atom is -0.438 e. The molecule has 2 N–H and O–H groups in total. The van der Waals surface area contributed by atoms with Crippen LogP contribution in [0.25, 0.3) is 0 Å². The third-order valence-electron chi connectivity index (χ3n) is 2.90. The summed E-state index contributed by atoms with van der Waals surface area (Å²) >= 11 is 0. The highest BCUT2D eigenvalue weighted by Crippen LogP contribution is 2.09. The van der Waals surface area contributed by atoms with Crippen LogP contribution in [0, 0.1) is 12.8 Å². The van der Waals surface area contributed by atoms with Crippen molar-refractivity contribution >= 4 is 30.7 Å². The zero-order valence-corrected chi connectivity index (χ0v) is 11.9. The zero-order valence-electron chi connectivity index (χ0n) is 10.3. The number of aromatic nitrogens is 1. The Balaban J connectivity index is 0.00000144. The van der Waals surface area contributed by atoms with E-state index in [9.17, 15) is 4.79 Å². The summed E-state index contributed by atoms with van der Waals surface area (Å²) in [5.74, 6) is 0.685. The van der Waals surface area contributed by atoms with E-state index in [2.05, 4.69) is 15.6 Å². The largest absolute Gasteiger partial charge is 0.438 e. The summed E-state index contributed by atoms with van der Waals surface area (Å²) in [6.45, 7) is 4.54. The van der Waals surface area contributed by atoms with Crippen LogP contribution in [0.2, 0.25) is 0 Å². The molecule has 1 aromatic heterocycles. The molecule has 1 unspecified atom stereocenters. The second kappa shape index (κ2) is 8.34. The molecule has 5 nitrogen and oxygen atoms in total. The van der Waals surface area contributed by atoms with Crippen molar-refractivity contribution in [2.45, 2.75) is 19.8 Å². The molecule has 1 aliphatic heterocycles. The number of aryl methyl sites for hydroxylation is 1. The van der Waals surface area contributed by atoms with Gasteiger partial charge in [0.2, 0.25) is 5.76 Å². The number of piperidine rings is 1. The first kappa shape index (κ1) is 17.2. The number of rotatable bonds is 3. The maximum atomic E-state index is 11.7. The molecule has 104 valence electrons. The minimum absolute atomic E-state index is 0. The van der Waals surface area contributed by atoms with Crippen LogP contribution in [-0.2, 0) is 0 Å². The molecule has 1 amide bonds. The molecule has 0 spiro atoms. The van der Waals surface area contributed by atoms with Crippen molar-refractivity contribution in [1.82, 2.24) is 15.6 Å². The van der Waals surface area contributed by atoms with Crippen LogP contribution in [0.3, 0.4) is 0 Å². The van der Waals surface area contributed by atoms with Gasteiger partial charge in [0.15, 0.2) is 6.39 Å².